The van der Waals surface area contributed by atoms with E-state index in [9.17, 15) is 0 Å². The van der Waals surface area contributed by atoms with Gasteiger partial charge in [0, 0.05) is 42.6 Å². The summed E-state index contributed by atoms with van der Waals surface area (Å²) in [6, 6.07) is 11.3. The van der Waals surface area contributed by atoms with Gasteiger partial charge >= 0.3 is 0 Å². The molecule has 1 aromatic heterocycles. The average Bonchev–Trinajstić information content (AvgIpc) is 2.92. The number of H-pyrrole nitrogens is 1. The number of anilines is 1. The lowest BCUT2D eigenvalue weighted by atomic mass is 10.0. The largest absolute Gasteiger partial charge is 0.371 e. The van der Waals surface area contributed by atoms with Crippen LogP contribution in [0.5, 0.6) is 0 Å². The van der Waals surface area contributed by atoms with Gasteiger partial charge in [0.15, 0.2) is 0 Å². The molecule has 2 N–H and O–H groups in total. The molecule has 0 unspecified atom stereocenters. The summed E-state index contributed by atoms with van der Waals surface area (Å²) in [6.07, 6.45) is 4.32. The van der Waals surface area contributed by atoms with Crippen molar-refractivity contribution in [1.29, 1.82) is 0 Å². The fourth-order valence-corrected chi connectivity index (χ4v) is 2.79. The number of rotatable bonds is 4. The first-order chi connectivity index (χ1) is 9.83. The molecule has 0 bridgehead atoms. The van der Waals surface area contributed by atoms with Gasteiger partial charge in [-0.1, -0.05) is 18.2 Å². The number of aryl methyl sites for hydroxylation is 1. The molecule has 0 atom stereocenters. The zero-order valence-corrected chi connectivity index (χ0v) is 12.0. The van der Waals surface area contributed by atoms with Gasteiger partial charge in [0.2, 0.25) is 0 Å². The van der Waals surface area contributed by atoms with Crippen LogP contribution in [-0.2, 0) is 6.54 Å². The topological polar surface area (TPSA) is 44.0 Å². The van der Waals surface area contributed by atoms with Crippen molar-refractivity contribution in [1.82, 2.24) is 15.5 Å². The molecule has 0 aliphatic carbocycles. The van der Waals surface area contributed by atoms with Crippen LogP contribution >= 0.6 is 0 Å². The molecule has 3 rings (SSSR count). The SMILES string of the molecule is Cc1[nH]ncc1CNC1CCN(c2ccccc2)CC1. The van der Waals surface area contributed by atoms with E-state index in [1.165, 1.54) is 29.8 Å². The van der Waals surface area contributed by atoms with Crippen LogP contribution in [-0.4, -0.2) is 29.3 Å². The van der Waals surface area contributed by atoms with E-state index in [0.717, 1.165) is 19.6 Å². The summed E-state index contributed by atoms with van der Waals surface area (Å²) in [5.41, 5.74) is 3.78. The van der Waals surface area contributed by atoms with E-state index in [0.29, 0.717) is 6.04 Å². The third kappa shape index (κ3) is 3.02. The maximum Gasteiger partial charge on any atom is 0.0535 e. The molecule has 0 radical (unpaired) electrons. The second-order valence-electron chi connectivity index (χ2n) is 5.50. The predicted molar refractivity (Wildman–Crippen MR) is 81.8 cm³/mol. The molecular formula is C16H22N4. The zero-order valence-electron chi connectivity index (χ0n) is 12.0. The van der Waals surface area contributed by atoms with Gasteiger partial charge < -0.3 is 10.2 Å². The number of aromatic amines is 1. The van der Waals surface area contributed by atoms with Crippen molar-refractivity contribution < 1.29 is 0 Å². The monoisotopic (exact) mass is 270 g/mol. The molecular weight excluding hydrogens is 248 g/mol. The Morgan fingerprint density at radius 1 is 1.25 bits per heavy atom. The van der Waals surface area contributed by atoms with Gasteiger partial charge in [-0.25, -0.2) is 0 Å². The molecule has 1 aliphatic rings. The molecule has 20 heavy (non-hydrogen) atoms. The number of hydrogen-bond donors (Lipinski definition) is 2. The van der Waals surface area contributed by atoms with E-state index >= 15 is 0 Å². The van der Waals surface area contributed by atoms with E-state index in [-0.39, 0.29) is 0 Å². The summed E-state index contributed by atoms with van der Waals surface area (Å²) in [5, 5.41) is 10.7. The molecule has 0 spiro atoms. The zero-order chi connectivity index (χ0) is 13.8. The van der Waals surface area contributed by atoms with Gasteiger partial charge in [0.05, 0.1) is 6.20 Å². The highest BCUT2D eigenvalue weighted by Crippen LogP contribution is 2.19. The van der Waals surface area contributed by atoms with Gasteiger partial charge in [0.1, 0.15) is 0 Å². The Bertz CT molecular complexity index is 526. The Hall–Kier alpha value is -1.81. The molecule has 2 aromatic rings. The van der Waals surface area contributed by atoms with Gasteiger partial charge in [-0.3, -0.25) is 5.10 Å². The molecule has 0 amide bonds. The Morgan fingerprint density at radius 2 is 2.00 bits per heavy atom. The third-order valence-corrected chi connectivity index (χ3v) is 4.13. The van der Waals surface area contributed by atoms with Crippen LogP contribution in [0.4, 0.5) is 5.69 Å². The minimum atomic E-state index is 0.615. The van der Waals surface area contributed by atoms with Crippen LogP contribution in [0, 0.1) is 6.92 Å². The molecule has 1 fully saturated rings. The van der Waals surface area contributed by atoms with E-state index in [1.807, 2.05) is 6.20 Å². The molecule has 2 heterocycles. The average molecular weight is 270 g/mol. The Morgan fingerprint density at radius 3 is 2.65 bits per heavy atom. The minimum Gasteiger partial charge on any atom is -0.371 e. The van der Waals surface area contributed by atoms with Gasteiger partial charge in [0.25, 0.3) is 0 Å². The number of benzene rings is 1. The van der Waals surface area contributed by atoms with Crippen LogP contribution in [0.1, 0.15) is 24.1 Å². The van der Waals surface area contributed by atoms with Crippen LogP contribution in [0.15, 0.2) is 36.5 Å². The lowest BCUT2D eigenvalue weighted by Gasteiger charge is -2.34. The first-order valence-corrected chi connectivity index (χ1v) is 7.35. The van der Waals surface area contributed by atoms with Crippen LogP contribution in [0.2, 0.25) is 0 Å². The van der Waals surface area contributed by atoms with Gasteiger partial charge in [-0.2, -0.15) is 5.10 Å². The van der Waals surface area contributed by atoms with Crippen LogP contribution in [0.25, 0.3) is 0 Å². The maximum absolute atomic E-state index is 4.06. The van der Waals surface area contributed by atoms with Crippen molar-refractivity contribution in [3.63, 3.8) is 0 Å². The van der Waals surface area contributed by atoms with Gasteiger partial charge in [-0.15, -0.1) is 0 Å². The highest BCUT2D eigenvalue weighted by Gasteiger charge is 2.19. The number of piperidine rings is 1. The van der Waals surface area contributed by atoms with Crippen molar-refractivity contribution in [2.45, 2.75) is 32.4 Å². The Kier molecular flexibility index (Phi) is 4.02. The van der Waals surface area contributed by atoms with Crippen molar-refractivity contribution >= 4 is 5.69 Å². The summed E-state index contributed by atoms with van der Waals surface area (Å²) in [7, 11) is 0. The fourth-order valence-electron chi connectivity index (χ4n) is 2.79. The molecule has 1 aliphatic heterocycles. The number of aromatic nitrogens is 2. The number of nitrogens with zero attached hydrogens (tertiary/aromatic N) is 2. The predicted octanol–water partition coefficient (Wildman–Crippen LogP) is 2.48. The summed E-state index contributed by atoms with van der Waals surface area (Å²) in [6.45, 7) is 5.25. The van der Waals surface area contributed by atoms with Crippen LogP contribution < -0.4 is 10.2 Å². The molecule has 4 nitrogen and oxygen atoms in total. The van der Waals surface area contributed by atoms with Crippen molar-refractivity contribution in [3.8, 4) is 0 Å². The van der Waals surface area contributed by atoms with Crippen molar-refractivity contribution in [2.75, 3.05) is 18.0 Å². The first kappa shape index (κ1) is 13.2. The quantitative estimate of drug-likeness (QED) is 0.897. The molecule has 1 saturated heterocycles. The van der Waals surface area contributed by atoms with Gasteiger partial charge in [-0.05, 0) is 31.9 Å². The molecule has 4 heteroatoms. The third-order valence-electron chi connectivity index (χ3n) is 4.13. The first-order valence-electron chi connectivity index (χ1n) is 7.35. The minimum absolute atomic E-state index is 0.615. The van der Waals surface area contributed by atoms with Crippen molar-refractivity contribution in [3.05, 3.63) is 47.8 Å². The summed E-state index contributed by atoms with van der Waals surface area (Å²) in [4.78, 5) is 2.47. The lowest BCUT2D eigenvalue weighted by molar-refractivity contribution is 0.414. The van der Waals surface area contributed by atoms with E-state index < -0.39 is 0 Å². The van der Waals surface area contributed by atoms with E-state index in [4.69, 9.17) is 0 Å². The summed E-state index contributed by atoms with van der Waals surface area (Å²) >= 11 is 0. The highest BCUT2D eigenvalue weighted by atomic mass is 15.1. The molecule has 106 valence electrons. The van der Waals surface area contributed by atoms with E-state index in [1.54, 1.807) is 0 Å². The summed E-state index contributed by atoms with van der Waals surface area (Å²) < 4.78 is 0. The van der Waals surface area contributed by atoms with Crippen molar-refractivity contribution in [2.24, 2.45) is 0 Å². The standard InChI is InChI=1S/C16H22N4/c1-13-14(12-18-19-13)11-17-15-7-9-20(10-8-15)16-5-3-2-4-6-16/h2-6,12,15,17H,7-11H2,1H3,(H,18,19). The van der Waals surface area contributed by atoms with Crippen LogP contribution in [0.3, 0.4) is 0 Å². The lowest BCUT2D eigenvalue weighted by Crippen LogP contribution is -2.42. The summed E-state index contributed by atoms with van der Waals surface area (Å²) in [5.74, 6) is 0. The number of para-hydroxylation sites is 1. The number of nitrogens with one attached hydrogen (secondary N) is 2. The number of hydrogen-bond acceptors (Lipinski definition) is 3. The second-order valence-corrected chi connectivity index (χ2v) is 5.50. The fraction of sp³-hybridized carbons (Fsp3) is 0.438. The maximum atomic E-state index is 4.06. The smallest absolute Gasteiger partial charge is 0.0535 e. The normalized spacial score (nSPS) is 16.6. The molecule has 1 aromatic carbocycles. The van der Waals surface area contributed by atoms with E-state index in [2.05, 4.69) is 57.7 Å². The highest BCUT2D eigenvalue weighted by molar-refractivity contribution is 5.46. The molecule has 0 saturated carbocycles. The Balaban J connectivity index is 1.48. The Labute approximate surface area is 120 Å². The second kappa shape index (κ2) is 6.09.